The molecule has 0 bridgehead atoms. The monoisotopic (exact) mass is 309 g/mol. The van der Waals surface area contributed by atoms with Gasteiger partial charge >= 0.3 is 6.03 Å². The molecule has 1 heterocycles. The Kier molecular flexibility index (Phi) is 6.15. The summed E-state index contributed by atoms with van der Waals surface area (Å²) in [6, 6.07) is 5.72. The molecule has 2 rings (SSSR count). The molecule has 6 heteroatoms. The lowest BCUT2D eigenvalue weighted by Gasteiger charge is -2.36. The Balaban J connectivity index is 1.83. The van der Waals surface area contributed by atoms with E-state index in [9.17, 15) is 9.18 Å². The second-order valence-electron chi connectivity index (χ2n) is 5.80. The van der Waals surface area contributed by atoms with E-state index in [0.717, 1.165) is 26.3 Å². The quantitative estimate of drug-likeness (QED) is 0.877. The van der Waals surface area contributed by atoms with Crippen LogP contribution in [0.5, 0.6) is 0 Å². The van der Waals surface area contributed by atoms with E-state index in [1.54, 1.807) is 0 Å². The van der Waals surface area contributed by atoms with E-state index < -0.39 is 0 Å². The van der Waals surface area contributed by atoms with Gasteiger partial charge in [0.05, 0.1) is 13.2 Å². The number of nitrogens with one attached hydrogen (secondary N) is 2. The standard InChI is InChI=1S/C16H24FN3O2/c1-12(2)15(20-7-9-22-10-8-20)11-18-16(21)19-14-5-3-13(17)4-6-14/h3-6,12,15H,7-11H2,1-2H3,(H2,18,19,21). The molecule has 1 aliphatic rings. The number of benzene rings is 1. The number of carbonyl (C=O) groups is 1. The summed E-state index contributed by atoms with van der Waals surface area (Å²) in [5.74, 6) is 0.113. The zero-order valence-electron chi connectivity index (χ0n) is 13.1. The summed E-state index contributed by atoms with van der Waals surface area (Å²) < 4.78 is 18.2. The normalized spacial score (nSPS) is 17.3. The van der Waals surface area contributed by atoms with Gasteiger partial charge in [0, 0.05) is 31.4 Å². The van der Waals surface area contributed by atoms with Gasteiger partial charge in [-0.1, -0.05) is 13.8 Å². The number of anilines is 1. The van der Waals surface area contributed by atoms with Crippen LogP contribution >= 0.6 is 0 Å². The molecule has 1 aromatic carbocycles. The van der Waals surface area contributed by atoms with Gasteiger partial charge in [-0.05, 0) is 30.2 Å². The Hall–Kier alpha value is -1.66. The van der Waals surface area contributed by atoms with Crippen molar-refractivity contribution in [1.82, 2.24) is 10.2 Å². The third kappa shape index (κ3) is 4.96. The highest BCUT2D eigenvalue weighted by Gasteiger charge is 2.24. The molecule has 1 aromatic rings. The lowest BCUT2D eigenvalue weighted by molar-refractivity contribution is 0.00728. The van der Waals surface area contributed by atoms with Crippen LogP contribution in [0.4, 0.5) is 14.9 Å². The van der Waals surface area contributed by atoms with E-state index in [1.165, 1.54) is 24.3 Å². The Morgan fingerprint density at radius 3 is 2.50 bits per heavy atom. The fraction of sp³-hybridized carbons (Fsp3) is 0.562. The van der Waals surface area contributed by atoms with Crippen molar-refractivity contribution in [2.75, 3.05) is 38.2 Å². The molecule has 0 spiro atoms. The molecular formula is C16H24FN3O2. The van der Waals surface area contributed by atoms with Gasteiger partial charge in [0.1, 0.15) is 5.82 Å². The zero-order valence-corrected chi connectivity index (χ0v) is 13.1. The molecule has 5 nitrogen and oxygen atoms in total. The van der Waals surface area contributed by atoms with Crippen molar-refractivity contribution in [2.24, 2.45) is 5.92 Å². The maximum absolute atomic E-state index is 12.8. The molecule has 22 heavy (non-hydrogen) atoms. The summed E-state index contributed by atoms with van der Waals surface area (Å²) in [5.41, 5.74) is 0.575. The number of carbonyl (C=O) groups excluding carboxylic acids is 1. The van der Waals surface area contributed by atoms with Gasteiger partial charge in [-0.2, -0.15) is 0 Å². The minimum Gasteiger partial charge on any atom is -0.379 e. The molecule has 2 amide bonds. The number of rotatable bonds is 5. The Bertz CT molecular complexity index is 473. The zero-order chi connectivity index (χ0) is 15.9. The van der Waals surface area contributed by atoms with Gasteiger partial charge in [-0.15, -0.1) is 0 Å². The van der Waals surface area contributed by atoms with Crippen LogP contribution in [0.3, 0.4) is 0 Å². The first-order valence-corrected chi connectivity index (χ1v) is 7.68. The van der Waals surface area contributed by atoms with E-state index in [1.807, 2.05) is 0 Å². The topological polar surface area (TPSA) is 53.6 Å². The number of halogens is 1. The predicted octanol–water partition coefficient (Wildman–Crippen LogP) is 2.30. The van der Waals surface area contributed by atoms with Crippen molar-refractivity contribution in [3.8, 4) is 0 Å². The highest BCUT2D eigenvalue weighted by atomic mass is 19.1. The van der Waals surface area contributed by atoms with E-state index in [4.69, 9.17) is 4.74 Å². The average Bonchev–Trinajstić information content (AvgIpc) is 2.50. The number of morpholine rings is 1. The van der Waals surface area contributed by atoms with E-state index in [0.29, 0.717) is 18.2 Å². The number of ether oxygens (including phenoxy) is 1. The Morgan fingerprint density at radius 1 is 1.27 bits per heavy atom. The van der Waals surface area contributed by atoms with E-state index >= 15 is 0 Å². The fourth-order valence-electron chi connectivity index (χ4n) is 2.60. The summed E-state index contributed by atoms with van der Waals surface area (Å²) in [5, 5.41) is 5.60. The van der Waals surface area contributed by atoms with Crippen molar-refractivity contribution < 1.29 is 13.9 Å². The first kappa shape index (κ1) is 16.7. The summed E-state index contributed by atoms with van der Waals surface area (Å²) >= 11 is 0. The number of hydrogen-bond acceptors (Lipinski definition) is 3. The fourth-order valence-corrected chi connectivity index (χ4v) is 2.60. The SMILES string of the molecule is CC(C)C(CNC(=O)Nc1ccc(F)cc1)N1CCOCC1. The van der Waals surface area contributed by atoms with Gasteiger partial charge in [0.15, 0.2) is 0 Å². The van der Waals surface area contributed by atoms with Crippen LogP contribution in [-0.2, 0) is 4.74 Å². The number of amides is 2. The first-order valence-electron chi connectivity index (χ1n) is 7.68. The van der Waals surface area contributed by atoms with Crippen LogP contribution < -0.4 is 10.6 Å². The van der Waals surface area contributed by atoms with Crippen LogP contribution in [0.1, 0.15) is 13.8 Å². The third-order valence-corrected chi connectivity index (χ3v) is 3.86. The molecule has 2 N–H and O–H groups in total. The molecule has 122 valence electrons. The third-order valence-electron chi connectivity index (χ3n) is 3.86. The van der Waals surface area contributed by atoms with Crippen molar-refractivity contribution in [3.05, 3.63) is 30.1 Å². The van der Waals surface area contributed by atoms with Gasteiger partial charge in [0.25, 0.3) is 0 Å². The highest BCUT2D eigenvalue weighted by molar-refractivity contribution is 5.89. The molecule has 1 aliphatic heterocycles. The van der Waals surface area contributed by atoms with Crippen LogP contribution in [-0.4, -0.2) is 49.8 Å². The lowest BCUT2D eigenvalue weighted by atomic mass is 10.0. The first-order chi connectivity index (χ1) is 10.6. The predicted molar refractivity (Wildman–Crippen MR) is 84.4 cm³/mol. The molecule has 0 radical (unpaired) electrons. The molecule has 0 aliphatic carbocycles. The largest absolute Gasteiger partial charge is 0.379 e. The van der Waals surface area contributed by atoms with Crippen molar-refractivity contribution in [3.63, 3.8) is 0 Å². The highest BCUT2D eigenvalue weighted by Crippen LogP contribution is 2.12. The second kappa shape index (κ2) is 8.10. The van der Waals surface area contributed by atoms with Crippen LogP contribution in [0.15, 0.2) is 24.3 Å². The van der Waals surface area contributed by atoms with E-state index in [2.05, 4.69) is 29.4 Å². The minimum absolute atomic E-state index is 0.273. The number of nitrogens with zero attached hydrogens (tertiary/aromatic N) is 1. The van der Waals surface area contributed by atoms with Gasteiger partial charge < -0.3 is 15.4 Å². The molecule has 1 saturated heterocycles. The summed E-state index contributed by atoms with van der Waals surface area (Å²) in [6.07, 6.45) is 0. The van der Waals surface area contributed by atoms with Gasteiger partial charge in [-0.25, -0.2) is 9.18 Å². The Morgan fingerprint density at radius 2 is 1.91 bits per heavy atom. The van der Waals surface area contributed by atoms with Crippen molar-refractivity contribution in [1.29, 1.82) is 0 Å². The molecular weight excluding hydrogens is 285 g/mol. The van der Waals surface area contributed by atoms with Crippen molar-refractivity contribution >= 4 is 11.7 Å². The molecule has 1 fully saturated rings. The average molecular weight is 309 g/mol. The summed E-state index contributed by atoms with van der Waals surface area (Å²) in [6.45, 7) is 8.15. The number of urea groups is 1. The second-order valence-corrected chi connectivity index (χ2v) is 5.80. The summed E-state index contributed by atoms with van der Waals surface area (Å²) in [4.78, 5) is 14.3. The van der Waals surface area contributed by atoms with E-state index in [-0.39, 0.29) is 17.9 Å². The molecule has 1 unspecified atom stereocenters. The van der Waals surface area contributed by atoms with Crippen LogP contribution in [0, 0.1) is 11.7 Å². The summed E-state index contributed by atoms with van der Waals surface area (Å²) in [7, 11) is 0. The Labute approximate surface area is 130 Å². The maximum atomic E-state index is 12.8. The smallest absolute Gasteiger partial charge is 0.319 e. The van der Waals surface area contributed by atoms with Gasteiger partial charge in [-0.3, -0.25) is 4.90 Å². The number of hydrogen-bond donors (Lipinski definition) is 2. The molecule has 0 saturated carbocycles. The maximum Gasteiger partial charge on any atom is 0.319 e. The van der Waals surface area contributed by atoms with Crippen LogP contribution in [0.2, 0.25) is 0 Å². The van der Waals surface area contributed by atoms with Gasteiger partial charge in [0.2, 0.25) is 0 Å². The van der Waals surface area contributed by atoms with Crippen molar-refractivity contribution in [2.45, 2.75) is 19.9 Å². The lowest BCUT2D eigenvalue weighted by Crippen LogP contribution is -2.51. The molecule has 0 aromatic heterocycles. The van der Waals surface area contributed by atoms with Crippen LogP contribution in [0.25, 0.3) is 0 Å². The minimum atomic E-state index is -0.321. The molecule has 1 atom stereocenters.